The molecule has 1 aromatic heterocycles. The number of rotatable bonds is 13. The molecule has 0 radical (unpaired) electrons. The topological polar surface area (TPSA) is 222 Å². The molecule has 5 rings (SSSR count). The van der Waals surface area contributed by atoms with Gasteiger partial charge in [0.15, 0.2) is 12.5 Å². The Morgan fingerprint density at radius 2 is 1.67 bits per heavy atom. The molecule has 3 heterocycles. The van der Waals surface area contributed by atoms with Crippen LogP contribution < -0.4 is 11.2 Å². The minimum atomic E-state index is -5.64. The van der Waals surface area contributed by atoms with Crippen LogP contribution in [0.3, 0.4) is 0 Å². The number of H-pyrrole nitrogens is 1. The summed E-state index contributed by atoms with van der Waals surface area (Å²) in [6.45, 7) is 1.22. The Balaban J connectivity index is 1.26. The fourth-order valence-electron chi connectivity index (χ4n) is 5.09. The summed E-state index contributed by atoms with van der Waals surface area (Å²) < 4.78 is 70.8. The zero-order chi connectivity index (χ0) is 32.6. The minimum Gasteiger partial charge on any atom is -0.346 e. The molecule has 2 aromatic carbocycles. The maximum absolute atomic E-state index is 12.8. The van der Waals surface area contributed by atoms with Gasteiger partial charge in [0.25, 0.3) is 5.56 Å². The van der Waals surface area contributed by atoms with E-state index in [0.717, 1.165) is 22.8 Å². The Hall–Kier alpha value is -1.56. The second-order valence-corrected chi connectivity index (χ2v) is 16.5. The molecular weight excluding hydrogens is 772 g/mol. The average Bonchev–Trinajstić information content (AvgIpc) is 3.51. The molecule has 2 saturated heterocycles. The number of unbranched alkanes of at least 4 members (excludes halogenated alkanes) is 1. The Bertz CT molecular complexity index is 1810. The summed E-state index contributed by atoms with van der Waals surface area (Å²) in [4.78, 5) is 57.3. The van der Waals surface area contributed by atoms with Gasteiger partial charge in [-0.3, -0.25) is 23.4 Å². The van der Waals surface area contributed by atoms with E-state index in [1.165, 1.54) is 12.3 Å². The number of hydrogen-bond acceptors (Lipinski definition) is 11. The fourth-order valence-corrected chi connectivity index (χ4v) is 9.70. The van der Waals surface area contributed by atoms with E-state index in [-0.39, 0.29) is 3.57 Å². The summed E-state index contributed by atoms with van der Waals surface area (Å²) in [6, 6.07) is 11.9. The van der Waals surface area contributed by atoms with Gasteiger partial charge >= 0.3 is 28.9 Å². The Morgan fingerprint density at radius 3 is 2.42 bits per heavy atom. The van der Waals surface area contributed by atoms with Gasteiger partial charge in [-0.15, -0.1) is 0 Å². The Morgan fingerprint density at radius 1 is 0.956 bits per heavy atom. The van der Waals surface area contributed by atoms with Gasteiger partial charge in [-0.05, 0) is 51.8 Å². The summed E-state index contributed by atoms with van der Waals surface area (Å²) in [5, 5.41) is 1.35. The predicted octanol–water partition coefficient (Wildman–Crippen LogP) is 4.13. The van der Waals surface area contributed by atoms with Gasteiger partial charge in [-0.2, -0.15) is 4.31 Å². The molecule has 0 amide bonds. The van der Waals surface area contributed by atoms with Crippen molar-refractivity contribution in [2.24, 2.45) is 0 Å². The van der Waals surface area contributed by atoms with Gasteiger partial charge < -0.3 is 28.9 Å². The van der Waals surface area contributed by atoms with Crippen molar-refractivity contribution in [3.63, 3.8) is 0 Å². The van der Waals surface area contributed by atoms with Crippen LogP contribution in [0.5, 0.6) is 0 Å². The van der Waals surface area contributed by atoms with Crippen LogP contribution in [-0.4, -0.2) is 55.4 Å². The number of aromatic nitrogens is 2. The number of nitrogens with zero attached hydrogens (tertiary/aromatic N) is 1. The molecular formula is C25H30IN2O14P3. The van der Waals surface area contributed by atoms with Crippen LogP contribution in [-0.2, 0) is 47.2 Å². The molecule has 0 aliphatic carbocycles. The Labute approximate surface area is 269 Å². The smallest absolute Gasteiger partial charge is 0.346 e. The first-order valence-electron chi connectivity index (χ1n) is 13.7. The van der Waals surface area contributed by atoms with E-state index < -0.39 is 78.1 Å². The van der Waals surface area contributed by atoms with Gasteiger partial charge in [0.1, 0.15) is 18.3 Å². The standard InChI is InChI=1S/C25H30IN2O14P3/c1-2-3-11-20-39-21-19(38-24(22(21)40-20)28-12-18(26)23(29)27-25(28)30)13-37-44(33,34)42-45(35,36)41-43(31,32)14-16-9-6-8-15-7-4-5-10-17(15)16/h4-10,12,19-22,24H,2-3,11,13-14H2,1H3,(H,31,32)(H,33,34)(H,35,36)(H,27,29,30)/t19-,20?,21+,22?,24-/m1/s1. The predicted molar refractivity (Wildman–Crippen MR) is 166 cm³/mol. The lowest BCUT2D eigenvalue weighted by atomic mass is 10.1. The highest BCUT2D eigenvalue weighted by Gasteiger charge is 2.54. The van der Waals surface area contributed by atoms with Gasteiger partial charge in [-0.25, -0.2) is 18.2 Å². The highest BCUT2D eigenvalue weighted by Crippen LogP contribution is 2.68. The van der Waals surface area contributed by atoms with E-state index in [9.17, 15) is 38.0 Å². The molecule has 2 aliphatic rings. The number of halogens is 1. The summed E-state index contributed by atoms with van der Waals surface area (Å²) >= 11 is 1.74. The van der Waals surface area contributed by atoms with E-state index in [2.05, 4.69) is 13.6 Å². The van der Waals surface area contributed by atoms with Crippen LogP contribution in [0.25, 0.3) is 10.8 Å². The first kappa shape index (κ1) is 34.8. The summed E-state index contributed by atoms with van der Waals surface area (Å²) in [6.07, 6.45) is -2.09. The van der Waals surface area contributed by atoms with E-state index in [4.69, 9.17) is 18.7 Å². The van der Waals surface area contributed by atoms with Crippen LogP contribution in [0, 0.1) is 3.57 Å². The van der Waals surface area contributed by atoms with Crippen molar-refractivity contribution in [1.29, 1.82) is 0 Å². The molecule has 20 heteroatoms. The number of phosphoric acid groups is 2. The van der Waals surface area contributed by atoms with Crippen molar-refractivity contribution < 1.29 is 55.7 Å². The molecule has 4 N–H and O–H groups in total. The number of phosphoric ester groups is 1. The quantitative estimate of drug-likeness (QED) is 0.141. The van der Waals surface area contributed by atoms with Crippen LogP contribution in [0.4, 0.5) is 0 Å². The monoisotopic (exact) mass is 802 g/mol. The van der Waals surface area contributed by atoms with Crippen molar-refractivity contribution in [3.05, 3.63) is 78.6 Å². The SMILES string of the molecule is CCCCC1OC2[C@@H](O1)[C@@H](COP(=O)(O)OP(=O)(O)OP(=O)(O)Cc1cccc3ccccc13)O[C@H]2n1cc(I)c(=O)[nH]c1=O. The number of ether oxygens (including phenoxy) is 3. The number of hydrogen-bond donors (Lipinski definition) is 4. The first-order valence-corrected chi connectivity index (χ1v) is 19.5. The van der Waals surface area contributed by atoms with Crippen molar-refractivity contribution in [1.82, 2.24) is 9.55 Å². The molecule has 0 spiro atoms. The molecule has 0 bridgehead atoms. The maximum atomic E-state index is 12.8. The second-order valence-electron chi connectivity index (χ2n) is 10.3. The highest BCUT2D eigenvalue weighted by molar-refractivity contribution is 14.1. The number of nitrogens with one attached hydrogen (secondary N) is 1. The second kappa shape index (κ2) is 13.9. The molecule has 5 unspecified atom stereocenters. The zero-order valence-corrected chi connectivity index (χ0v) is 28.4. The van der Waals surface area contributed by atoms with E-state index >= 15 is 0 Å². The third-order valence-electron chi connectivity index (χ3n) is 6.98. The van der Waals surface area contributed by atoms with E-state index in [0.29, 0.717) is 17.4 Å². The Kier molecular flexibility index (Phi) is 10.7. The van der Waals surface area contributed by atoms with E-state index in [1.807, 2.05) is 6.92 Å². The molecule has 45 heavy (non-hydrogen) atoms. The van der Waals surface area contributed by atoms with E-state index in [1.54, 1.807) is 59.0 Å². The molecule has 3 aromatic rings. The molecule has 8 atom stereocenters. The molecule has 16 nitrogen and oxygen atoms in total. The average molecular weight is 802 g/mol. The van der Waals surface area contributed by atoms with Gasteiger partial charge in [0.05, 0.1) is 16.3 Å². The third-order valence-corrected chi connectivity index (χ3v) is 12.5. The molecule has 2 fully saturated rings. The van der Waals surface area contributed by atoms with Crippen LogP contribution in [0.15, 0.2) is 58.3 Å². The lowest BCUT2D eigenvalue weighted by Gasteiger charge is -2.22. The minimum absolute atomic E-state index is 0.182. The van der Waals surface area contributed by atoms with Crippen molar-refractivity contribution in [2.75, 3.05) is 6.61 Å². The lowest BCUT2D eigenvalue weighted by Crippen LogP contribution is -2.37. The molecule has 246 valence electrons. The first-order chi connectivity index (χ1) is 21.2. The largest absolute Gasteiger partial charge is 0.488 e. The normalized spacial score (nSPS) is 27.1. The lowest BCUT2D eigenvalue weighted by molar-refractivity contribution is -0.153. The summed E-state index contributed by atoms with van der Waals surface area (Å²) in [5.41, 5.74) is -1.07. The summed E-state index contributed by atoms with van der Waals surface area (Å²) in [5.74, 6) is 0. The third kappa shape index (κ3) is 8.49. The van der Waals surface area contributed by atoms with Crippen molar-refractivity contribution >= 4 is 56.6 Å². The van der Waals surface area contributed by atoms with Crippen molar-refractivity contribution in [3.8, 4) is 0 Å². The van der Waals surface area contributed by atoms with Crippen LogP contribution >= 0.6 is 45.8 Å². The number of fused-ring (bicyclic) bond motifs is 2. The zero-order valence-electron chi connectivity index (χ0n) is 23.5. The number of aromatic amines is 1. The van der Waals surface area contributed by atoms with Gasteiger partial charge in [0, 0.05) is 6.20 Å². The van der Waals surface area contributed by atoms with Gasteiger partial charge in [0.2, 0.25) is 0 Å². The maximum Gasteiger partial charge on any atom is 0.488 e. The van der Waals surface area contributed by atoms with Gasteiger partial charge in [-0.1, -0.05) is 55.8 Å². The highest BCUT2D eigenvalue weighted by atomic mass is 127. The number of benzene rings is 2. The van der Waals surface area contributed by atoms with Crippen molar-refractivity contribution in [2.45, 2.75) is 63.2 Å². The van der Waals surface area contributed by atoms with Crippen LogP contribution in [0.1, 0.15) is 38.0 Å². The molecule has 0 saturated carbocycles. The molecule has 2 aliphatic heterocycles. The summed E-state index contributed by atoms with van der Waals surface area (Å²) in [7, 11) is -16.0. The van der Waals surface area contributed by atoms with Crippen LogP contribution in [0.2, 0.25) is 0 Å². The fraction of sp³-hybridized carbons (Fsp3) is 0.440.